The number of anilines is 1. The molecule has 0 saturated heterocycles. The minimum Gasteiger partial charge on any atom is -0.340 e. The van der Waals surface area contributed by atoms with Crippen molar-refractivity contribution in [2.75, 3.05) is 5.32 Å². The van der Waals surface area contributed by atoms with Crippen LogP contribution < -0.4 is 5.32 Å². The molecule has 1 amide bonds. The third-order valence-corrected chi connectivity index (χ3v) is 4.53. The maximum Gasteiger partial charge on any atom is 0.272 e. The van der Waals surface area contributed by atoms with Crippen molar-refractivity contribution in [3.05, 3.63) is 50.7 Å². The number of benzene rings is 1. The number of nitrogens with one attached hydrogen (secondary N) is 1. The first-order chi connectivity index (χ1) is 9.40. The Hall–Kier alpha value is -1.07. The number of hydrogen-bond acceptors (Lipinski definition) is 1. The average Bonchev–Trinajstić information content (AvgIpc) is 2.77. The molecule has 0 unspecified atom stereocenters. The molecule has 1 heterocycles. The molecule has 5 heteroatoms. The highest BCUT2D eigenvalue weighted by Gasteiger charge is 2.16. The average molecular weight is 400 g/mol. The molecule has 0 radical (unpaired) electrons. The first-order valence-corrected chi connectivity index (χ1v) is 7.92. The number of aryl methyl sites for hydroxylation is 1. The van der Waals surface area contributed by atoms with E-state index in [1.165, 1.54) is 0 Å². The lowest BCUT2D eigenvalue weighted by atomic mass is 10.2. The van der Waals surface area contributed by atoms with E-state index in [2.05, 4.69) is 37.2 Å². The molecule has 0 atom stereocenters. The zero-order chi connectivity index (χ0) is 14.9. The predicted molar refractivity (Wildman–Crippen MR) is 89.3 cm³/mol. The van der Waals surface area contributed by atoms with Gasteiger partial charge in [-0.1, -0.05) is 12.1 Å². The minimum atomic E-state index is -0.115. The van der Waals surface area contributed by atoms with E-state index in [0.717, 1.165) is 20.2 Å². The van der Waals surface area contributed by atoms with Gasteiger partial charge in [0.25, 0.3) is 5.91 Å². The minimum absolute atomic E-state index is 0.115. The molecule has 2 rings (SSSR count). The molecule has 0 fully saturated rings. The van der Waals surface area contributed by atoms with Crippen LogP contribution in [-0.4, -0.2) is 10.5 Å². The highest BCUT2D eigenvalue weighted by Crippen LogP contribution is 2.27. The van der Waals surface area contributed by atoms with Crippen molar-refractivity contribution in [2.45, 2.75) is 26.8 Å². The quantitative estimate of drug-likeness (QED) is 0.760. The predicted octanol–water partition coefficient (Wildman–Crippen LogP) is 5.15. The van der Waals surface area contributed by atoms with Crippen LogP contribution in [0.25, 0.3) is 0 Å². The number of amides is 1. The van der Waals surface area contributed by atoms with Gasteiger partial charge in [-0.15, -0.1) is 0 Å². The van der Waals surface area contributed by atoms with E-state index in [1.54, 1.807) is 0 Å². The third kappa shape index (κ3) is 3.15. The second-order valence-corrected chi connectivity index (χ2v) is 6.64. The van der Waals surface area contributed by atoms with Crippen LogP contribution in [0.2, 0.25) is 0 Å². The van der Waals surface area contributed by atoms with Crippen LogP contribution >= 0.6 is 31.9 Å². The van der Waals surface area contributed by atoms with Gasteiger partial charge >= 0.3 is 0 Å². The lowest BCUT2D eigenvalue weighted by Crippen LogP contribution is -2.18. The van der Waals surface area contributed by atoms with E-state index >= 15 is 0 Å². The number of carbonyl (C=O) groups excluding carboxylic acids is 1. The third-order valence-electron chi connectivity index (χ3n) is 3.04. The summed E-state index contributed by atoms with van der Waals surface area (Å²) < 4.78 is 3.76. The number of hydrogen-bond donors (Lipinski definition) is 1. The van der Waals surface area contributed by atoms with E-state index < -0.39 is 0 Å². The highest BCUT2D eigenvalue weighted by molar-refractivity contribution is 9.11. The Bertz CT molecular complexity index is 647. The fourth-order valence-corrected chi connectivity index (χ4v) is 2.79. The van der Waals surface area contributed by atoms with Gasteiger partial charge in [-0.3, -0.25) is 4.79 Å². The number of aromatic nitrogens is 1. The van der Waals surface area contributed by atoms with Crippen LogP contribution in [0.3, 0.4) is 0 Å². The second-order valence-electron chi connectivity index (χ2n) is 4.94. The first kappa shape index (κ1) is 15.3. The van der Waals surface area contributed by atoms with Gasteiger partial charge in [-0.05, 0) is 70.3 Å². The fourth-order valence-electron chi connectivity index (χ4n) is 1.99. The van der Waals surface area contributed by atoms with E-state index in [9.17, 15) is 4.79 Å². The zero-order valence-electron chi connectivity index (χ0n) is 11.6. The lowest BCUT2D eigenvalue weighted by molar-refractivity contribution is 0.101. The van der Waals surface area contributed by atoms with Crippen molar-refractivity contribution in [3.63, 3.8) is 0 Å². The first-order valence-electron chi connectivity index (χ1n) is 6.34. The summed E-state index contributed by atoms with van der Waals surface area (Å²) in [6.45, 7) is 6.09. The molecule has 2 aromatic rings. The van der Waals surface area contributed by atoms with E-state index in [4.69, 9.17) is 0 Å². The molecule has 0 aliphatic heterocycles. The summed E-state index contributed by atoms with van der Waals surface area (Å²) in [6, 6.07) is 7.86. The zero-order valence-corrected chi connectivity index (χ0v) is 14.7. The smallest absolute Gasteiger partial charge is 0.272 e. The molecule has 1 aromatic heterocycles. The van der Waals surface area contributed by atoms with Gasteiger partial charge in [0.2, 0.25) is 0 Å². The van der Waals surface area contributed by atoms with Gasteiger partial charge in [0.05, 0.1) is 5.69 Å². The summed E-state index contributed by atoms with van der Waals surface area (Å²) in [6.07, 6.45) is 1.92. The molecular formula is C15H16Br2N2O. The van der Waals surface area contributed by atoms with Gasteiger partial charge in [0.15, 0.2) is 0 Å². The summed E-state index contributed by atoms with van der Waals surface area (Å²) in [5.41, 5.74) is 2.51. The topological polar surface area (TPSA) is 34.0 Å². The SMILES string of the molecule is Cc1cccc(NC(=O)c2cc(Br)cn2C(C)C)c1Br. The Balaban J connectivity index is 2.31. The number of nitrogens with zero attached hydrogens (tertiary/aromatic N) is 1. The fraction of sp³-hybridized carbons (Fsp3) is 0.267. The van der Waals surface area contributed by atoms with Crippen molar-refractivity contribution in [1.29, 1.82) is 0 Å². The maximum absolute atomic E-state index is 12.4. The van der Waals surface area contributed by atoms with Gasteiger partial charge < -0.3 is 9.88 Å². The number of rotatable bonds is 3. The second kappa shape index (κ2) is 6.14. The normalized spacial score (nSPS) is 10.9. The Morgan fingerprint density at radius 1 is 1.30 bits per heavy atom. The molecule has 1 N–H and O–H groups in total. The van der Waals surface area contributed by atoms with Crippen LogP contribution in [0.1, 0.15) is 35.9 Å². The summed E-state index contributed by atoms with van der Waals surface area (Å²) in [7, 11) is 0. The van der Waals surface area contributed by atoms with Crippen molar-refractivity contribution < 1.29 is 4.79 Å². The van der Waals surface area contributed by atoms with Crippen LogP contribution in [0, 0.1) is 6.92 Å². The van der Waals surface area contributed by atoms with Crippen molar-refractivity contribution in [2.24, 2.45) is 0 Å². The lowest BCUT2D eigenvalue weighted by Gasteiger charge is -2.14. The van der Waals surface area contributed by atoms with Crippen LogP contribution in [0.5, 0.6) is 0 Å². The Morgan fingerprint density at radius 3 is 2.65 bits per heavy atom. The summed E-state index contributed by atoms with van der Waals surface area (Å²) >= 11 is 6.92. The highest BCUT2D eigenvalue weighted by atomic mass is 79.9. The number of halogens is 2. The molecule has 106 valence electrons. The summed E-state index contributed by atoms with van der Waals surface area (Å²) in [5.74, 6) is -0.115. The molecule has 3 nitrogen and oxygen atoms in total. The monoisotopic (exact) mass is 398 g/mol. The molecular weight excluding hydrogens is 384 g/mol. The van der Waals surface area contributed by atoms with Crippen molar-refractivity contribution in [1.82, 2.24) is 4.57 Å². The van der Waals surface area contributed by atoms with E-state index in [1.807, 2.05) is 55.8 Å². The molecule has 0 aliphatic carbocycles. The van der Waals surface area contributed by atoms with Crippen LogP contribution in [0.4, 0.5) is 5.69 Å². The molecule has 20 heavy (non-hydrogen) atoms. The Labute approximate surface area is 135 Å². The van der Waals surface area contributed by atoms with Crippen molar-refractivity contribution >= 4 is 43.5 Å². The summed E-state index contributed by atoms with van der Waals surface area (Å²) in [5, 5.41) is 2.95. The van der Waals surface area contributed by atoms with E-state index in [0.29, 0.717) is 5.69 Å². The molecule has 0 saturated carbocycles. The largest absolute Gasteiger partial charge is 0.340 e. The Kier molecular flexibility index (Phi) is 4.70. The molecule has 0 aliphatic rings. The molecule has 0 bridgehead atoms. The van der Waals surface area contributed by atoms with Gasteiger partial charge in [-0.25, -0.2) is 0 Å². The van der Waals surface area contributed by atoms with Crippen molar-refractivity contribution in [3.8, 4) is 0 Å². The Morgan fingerprint density at radius 2 is 2.00 bits per heavy atom. The van der Waals surface area contributed by atoms with Gasteiger partial charge in [0, 0.05) is 21.2 Å². The number of carbonyl (C=O) groups is 1. The van der Waals surface area contributed by atoms with Gasteiger partial charge in [-0.2, -0.15) is 0 Å². The van der Waals surface area contributed by atoms with Crippen LogP contribution in [0.15, 0.2) is 39.4 Å². The molecule has 0 spiro atoms. The molecule has 1 aromatic carbocycles. The maximum atomic E-state index is 12.4. The van der Waals surface area contributed by atoms with Gasteiger partial charge in [0.1, 0.15) is 5.69 Å². The van der Waals surface area contributed by atoms with E-state index in [-0.39, 0.29) is 11.9 Å². The van der Waals surface area contributed by atoms with Crippen LogP contribution in [-0.2, 0) is 0 Å². The summed E-state index contributed by atoms with van der Waals surface area (Å²) in [4.78, 5) is 12.4. The standard InChI is InChI=1S/C15H16Br2N2O/c1-9(2)19-8-11(16)7-13(19)15(20)18-12-6-4-5-10(3)14(12)17/h4-9H,1-3H3,(H,18,20).